The van der Waals surface area contributed by atoms with E-state index in [2.05, 4.69) is 50.0 Å². The predicted octanol–water partition coefficient (Wildman–Crippen LogP) is 3.77. The van der Waals surface area contributed by atoms with Gasteiger partial charge in [-0.2, -0.15) is 4.37 Å². The molecule has 106 valence electrons. The first-order chi connectivity index (χ1) is 10.3. The predicted molar refractivity (Wildman–Crippen MR) is 86.0 cm³/mol. The van der Waals surface area contributed by atoms with Crippen molar-refractivity contribution in [2.75, 3.05) is 5.32 Å². The summed E-state index contributed by atoms with van der Waals surface area (Å²) < 4.78 is 4.18. The second-order valence-electron chi connectivity index (χ2n) is 4.77. The number of hydrogen-bond donors (Lipinski definition) is 1. The van der Waals surface area contributed by atoms with Gasteiger partial charge in [0.25, 0.3) is 0 Å². The van der Waals surface area contributed by atoms with Crippen LogP contribution < -0.4 is 5.32 Å². The van der Waals surface area contributed by atoms with Crippen LogP contribution in [0.2, 0.25) is 0 Å². The first-order valence-electron chi connectivity index (χ1n) is 6.86. The van der Waals surface area contributed by atoms with Gasteiger partial charge in [-0.25, -0.2) is 9.97 Å². The summed E-state index contributed by atoms with van der Waals surface area (Å²) in [6.07, 6.45) is 3.73. The van der Waals surface area contributed by atoms with Crippen molar-refractivity contribution in [2.45, 2.75) is 19.8 Å². The summed E-state index contributed by atoms with van der Waals surface area (Å²) in [5, 5.41) is 4.05. The Morgan fingerprint density at radius 2 is 1.90 bits per heavy atom. The maximum atomic E-state index is 4.42. The highest BCUT2D eigenvalue weighted by molar-refractivity contribution is 7.09. The first-order valence-corrected chi connectivity index (χ1v) is 7.64. The molecular weight excluding hydrogens is 280 g/mol. The molecular formula is C16H16N4S. The Bertz CT molecular complexity index is 709. The van der Waals surface area contributed by atoms with Gasteiger partial charge in [0.05, 0.1) is 0 Å². The average Bonchev–Trinajstić information content (AvgIpc) is 2.93. The third-order valence-corrected chi connectivity index (χ3v) is 3.89. The minimum Gasteiger partial charge on any atom is -0.315 e. The maximum absolute atomic E-state index is 4.42. The van der Waals surface area contributed by atoms with E-state index < -0.39 is 0 Å². The van der Waals surface area contributed by atoms with E-state index in [4.69, 9.17) is 0 Å². The van der Waals surface area contributed by atoms with Gasteiger partial charge >= 0.3 is 0 Å². The number of aromatic nitrogens is 3. The van der Waals surface area contributed by atoms with Gasteiger partial charge in [-0.3, -0.25) is 0 Å². The molecule has 0 atom stereocenters. The fourth-order valence-corrected chi connectivity index (χ4v) is 2.70. The van der Waals surface area contributed by atoms with Crippen LogP contribution in [-0.2, 0) is 12.8 Å². The van der Waals surface area contributed by atoms with E-state index in [0.29, 0.717) is 0 Å². The lowest BCUT2D eigenvalue weighted by atomic mass is 10.1. The van der Waals surface area contributed by atoms with Crippen LogP contribution in [0.1, 0.15) is 17.0 Å². The highest BCUT2D eigenvalue weighted by atomic mass is 32.1. The van der Waals surface area contributed by atoms with Gasteiger partial charge in [-0.1, -0.05) is 36.4 Å². The van der Waals surface area contributed by atoms with Gasteiger partial charge in [0.2, 0.25) is 5.13 Å². The van der Waals surface area contributed by atoms with Crippen molar-refractivity contribution in [3.8, 4) is 0 Å². The number of rotatable bonds is 5. The summed E-state index contributed by atoms with van der Waals surface area (Å²) in [4.78, 5) is 8.74. The Balaban J connectivity index is 1.73. The number of nitrogens with zero attached hydrogens (tertiary/aromatic N) is 3. The summed E-state index contributed by atoms with van der Waals surface area (Å²) >= 11 is 1.36. The highest BCUT2D eigenvalue weighted by Crippen LogP contribution is 2.21. The Morgan fingerprint density at radius 1 is 1.05 bits per heavy atom. The van der Waals surface area contributed by atoms with E-state index in [1.807, 2.05) is 19.1 Å². The first kappa shape index (κ1) is 13.7. The fourth-order valence-electron chi connectivity index (χ4n) is 2.13. The third kappa shape index (κ3) is 3.64. The van der Waals surface area contributed by atoms with Crippen molar-refractivity contribution >= 4 is 22.5 Å². The average molecular weight is 296 g/mol. The molecule has 0 saturated carbocycles. The van der Waals surface area contributed by atoms with Crippen LogP contribution in [0.3, 0.4) is 0 Å². The maximum Gasteiger partial charge on any atom is 0.208 e. The van der Waals surface area contributed by atoms with Crippen LogP contribution in [0.5, 0.6) is 0 Å². The lowest BCUT2D eigenvalue weighted by Gasteiger charge is -2.08. The van der Waals surface area contributed by atoms with Crippen LogP contribution >= 0.6 is 11.5 Å². The van der Waals surface area contributed by atoms with E-state index in [-0.39, 0.29) is 0 Å². The normalized spacial score (nSPS) is 10.5. The molecule has 0 bridgehead atoms. The number of nitrogens with one attached hydrogen (secondary N) is 1. The van der Waals surface area contributed by atoms with Gasteiger partial charge < -0.3 is 5.32 Å². The van der Waals surface area contributed by atoms with E-state index in [1.54, 1.807) is 6.20 Å². The van der Waals surface area contributed by atoms with E-state index in [9.17, 15) is 0 Å². The molecule has 0 aliphatic carbocycles. The summed E-state index contributed by atoms with van der Waals surface area (Å²) in [7, 11) is 0. The molecule has 2 heterocycles. The number of pyridine rings is 1. The third-order valence-electron chi connectivity index (χ3n) is 3.17. The van der Waals surface area contributed by atoms with E-state index >= 15 is 0 Å². The lowest BCUT2D eigenvalue weighted by molar-refractivity contribution is 0.952. The Labute approximate surface area is 128 Å². The molecule has 0 spiro atoms. The van der Waals surface area contributed by atoms with E-state index in [1.165, 1.54) is 22.7 Å². The van der Waals surface area contributed by atoms with Crippen molar-refractivity contribution in [1.29, 1.82) is 0 Å². The van der Waals surface area contributed by atoms with Crippen LogP contribution in [-0.4, -0.2) is 14.3 Å². The molecule has 2 aromatic heterocycles. The van der Waals surface area contributed by atoms with Crippen molar-refractivity contribution in [1.82, 2.24) is 14.3 Å². The zero-order valence-electron chi connectivity index (χ0n) is 11.8. The summed E-state index contributed by atoms with van der Waals surface area (Å²) in [6, 6.07) is 14.6. The molecule has 0 radical (unpaired) electrons. The van der Waals surface area contributed by atoms with Gasteiger partial charge in [0.1, 0.15) is 11.6 Å². The molecule has 0 saturated heterocycles. The van der Waals surface area contributed by atoms with Crippen molar-refractivity contribution in [3.05, 3.63) is 65.6 Å². The van der Waals surface area contributed by atoms with Crippen LogP contribution in [0.15, 0.2) is 48.7 Å². The zero-order chi connectivity index (χ0) is 14.5. The largest absolute Gasteiger partial charge is 0.315 e. The molecule has 0 unspecified atom stereocenters. The molecule has 0 aliphatic rings. The molecule has 0 amide bonds. The van der Waals surface area contributed by atoms with Crippen LogP contribution in [0, 0.1) is 6.92 Å². The van der Waals surface area contributed by atoms with Crippen LogP contribution in [0.25, 0.3) is 0 Å². The van der Waals surface area contributed by atoms with Gasteiger partial charge in [-0.15, -0.1) is 0 Å². The van der Waals surface area contributed by atoms with Crippen LogP contribution in [0.4, 0.5) is 10.9 Å². The standard InChI is InChI=1S/C16H16N4S/c1-12-18-16(21-20-12)19-15-14(8-5-11-17-15)10-9-13-6-3-2-4-7-13/h2-8,11H,9-10H2,1H3,(H,17,18,19,20). The van der Waals surface area contributed by atoms with Gasteiger partial charge in [0.15, 0.2) is 0 Å². The molecule has 21 heavy (non-hydrogen) atoms. The van der Waals surface area contributed by atoms with Gasteiger partial charge in [0, 0.05) is 17.7 Å². The molecule has 3 aromatic rings. The van der Waals surface area contributed by atoms with Gasteiger partial charge in [-0.05, 0) is 37.0 Å². The van der Waals surface area contributed by atoms with E-state index in [0.717, 1.165) is 29.6 Å². The minimum atomic E-state index is 0.782. The highest BCUT2D eigenvalue weighted by Gasteiger charge is 2.07. The quantitative estimate of drug-likeness (QED) is 0.778. The minimum absolute atomic E-state index is 0.782. The summed E-state index contributed by atoms with van der Waals surface area (Å²) in [5.41, 5.74) is 2.52. The smallest absolute Gasteiger partial charge is 0.208 e. The molecule has 0 aliphatic heterocycles. The number of hydrogen-bond acceptors (Lipinski definition) is 5. The summed E-state index contributed by atoms with van der Waals surface area (Å²) in [6.45, 7) is 1.89. The monoisotopic (exact) mass is 296 g/mol. The number of benzene rings is 1. The molecule has 5 heteroatoms. The molecule has 1 N–H and O–H groups in total. The Morgan fingerprint density at radius 3 is 2.67 bits per heavy atom. The number of anilines is 2. The van der Waals surface area contributed by atoms with Crippen molar-refractivity contribution in [3.63, 3.8) is 0 Å². The Kier molecular flexibility index (Phi) is 4.21. The molecule has 4 nitrogen and oxygen atoms in total. The molecule has 1 aromatic carbocycles. The SMILES string of the molecule is Cc1nsc(Nc2ncccc2CCc2ccccc2)n1. The Hall–Kier alpha value is -2.27. The zero-order valence-corrected chi connectivity index (χ0v) is 12.6. The molecule has 3 rings (SSSR count). The molecule has 0 fully saturated rings. The second-order valence-corrected chi connectivity index (χ2v) is 5.52. The fraction of sp³-hybridized carbons (Fsp3) is 0.188. The lowest BCUT2D eigenvalue weighted by Crippen LogP contribution is -2.00. The second kappa shape index (κ2) is 6.45. The summed E-state index contributed by atoms with van der Waals surface area (Å²) in [5.74, 6) is 1.65. The van der Waals surface area contributed by atoms with Crippen molar-refractivity contribution in [2.24, 2.45) is 0 Å². The van der Waals surface area contributed by atoms with Crippen molar-refractivity contribution < 1.29 is 0 Å². The topological polar surface area (TPSA) is 50.7 Å². The number of aryl methyl sites for hydroxylation is 3.